The van der Waals surface area contributed by atoms with Crippen molar-refractivity contribution in [1.82, 2.24) is 0 Å². The molecule has 0 radical (unpaired) electrons. The number of hydrogen-bond acceptors (Lipinski definition) is 3. The van der Waals surface area contributed by atoms with E-state index < -0.39 is 10.0 Å². The van der Waals surface area contributed by atoms with Crippen molar-refractivity contribution in [2.75, 3.05) is 4.72 Å². The fourth-order valence-corrected chi connectivity index (χ4v) is 3.28. The van der Waals surface area contributed by atoms with Gasteiger partial charge in [0.25, 0.3) is 10.0 Å². The Bertz CT molecular complexity index is 872. The normalized spacial score (nSPS) is 12.3. The lowest BCUT2D eigenvalue weighted by Crippen LogP contribution is -2.14. The van der Waals surface area contributed by atoms with Crippen molar-refractivity contribution in [2.24, 2.45) is 0 Å². The lowest BCUT2D eigenvalue weighted by molar-refractivity contribution is -0.112. The Labute approximate surface area is 149 Å². The topological polar surface area (TPSA) is 63.2 Å². The van der Waals surface area contributed by atoms with Crippen molar-refractivity contribution in [1.29, 1.82) is 0 Å². The van der Waals surface area contributed by atoms with Crippen LogP contribution >= 0.6 is 0 Å². The number of benzene rings is 2. The van der Waals surface area contributed by atoms with Gasteiger partial charge in [-0.25, -0.2) is 8.42 Å². The molecule has 0 unspecified atom stereocenters. The molecule has 0 aliphatic carbocycles. The van der Waals surface area contributed by atoms with Crippen LogP contribution in [0.15, 0.2) is 59.5 Å². The van der Waals surface area contributed by atoms with E-state index in [1.807, 2.05) is 12.1 Å². The minimum absolute atomic E-state index is 0.0288. The van der Waals surface area contributed by atoms with Crippen LogP contribution in [-0.4, -0.2) is 14.2 Å². The summed E-state index contributed by atoms with van der Waals surface area (Å²) in [6.45, 7) is 7.72. The molecule has 2 aromatic carbocycles. The van der Waals surface area contributed by atoms with E-state index in [2.05, 4.69) is 25.5 Å². The van der Waals surface area contributed by atoms with E-state index in [0.29, 0.717) is 5.69 Å². The van der Waals surface area contributed by atoms with Gasteiger partial charge in [-0.05, 0) is 53.8 Å². The van der Waals surface area contributed by atoms with Crippen LogP contribution in [0.3, 0.4) is 0 Å². The Morgan fingerprint density at radius 2 is 1.52 bits per heavy atom. The molecule has 2 rings (SSSR count). The molecule has 0 heterocycles. The highest BCUT2D eigenvalue weighted by Crippen LogP contribution is 2.24. The Morgan fingerprint density at radius 1 is 0.960 bits per heavy atom. The van der Waals surface area contributed by atoms with Crippen LogP contribution in [0, 0.1) is 0 Å². The van der Waals surface area contributed by atoms with E-state index in [4.69, 9.17) is 0 Å². The van der Waals surface area contributed by atoms with Gasteiger partial charge in [0.05, 0.1) is 4.90 Å². The fraction of sp³-hybridized carbons (Fsp3) is 0.250. The number of hydrogen-bond donors (Lipinski definition) is 1. The molecule has 4 nitrogen and oxygen atoms in total. The summed E-state index contributed by atoms with van der Waals surface area (Å²) in [6, 6.07) is 13.7. The standard InChI is InChI=1S/C20H23NO3S/c1-15(22)5-6-16-7-11-18(12-8-16)21-25(23,24)19-13-9-17(10-14-19)20(2,3)4/h5-14,21H,1-4H3/b6-5+. The third-order valence-corrected chi connectivity index (χ3v) is 5.10. The van der Waals surface area contributed by atoms with E-state index >= 15 is 0 Å². The molecule has 0 amide bonds. The van der Waals surface area contributed by atoms with Gasteiger partial charge >= 0.3 is 0 Å². The number of nitrogens with one attached hydrogen (secondary N) is 1. The monoisotopic (exact) mass is 357 g/mol. The third kappa shape index (κ3) is 5.29. The number of sulfonamides is 1. The smallest absolute Gasteiger partial charge is 0.261 e. The minimum Gasteiger partial charge on any atom is -0.295 e. The summed E-state index contributed by atoms with van der Waals surface area (Å²) in [6.07, 6.45) is 3.15. The molecule has 0 spiro atoms. The number of allylic oxidation sites excluding steroid dienone is 1. The van der Waals surface area contributed by atoms with Crippen LogP contribution in [-0.2, 0) is 20.2 Å². The first-order valence-corrected chi connectivity index (χ1v) is 9.48. The van der Waals surface area contributed by atoms with Gasteiger partial charge in [0.15, 0.2) is 5.78 Å². The third-order valence-electron chi connectivity index (χ3n) is 3.70. The first-order chi connectivity index (χ1) is 11.6. The molecule has 0 saturated carbocycles. The van der Waals surface area contributed by atoms with Gasteiger partial charge in [0, 0.05) is 5.69 Å². The number of carbonyl (C=O) groups excluding carboxylic acids is 1. The average molecular weight is 357 g/mol. The highest BCUT2D eigenvalue weighted by molar-refractivity contribution is 7.92. The Morgan fingerprint density at radius 3 is 2.00 bits per heavy atom. The van der Waals surface area contributed by atoms with Gasteiger partial charge in [-0.3, -0.25) is 9.52 Å². The van der Waals surface area contributed by atoms with Gasteiger partial charge in [0.2, 0.25) is 0 Å². The zero-order valence-electron chi connectivity index (χ0n) is 14.9. The maximum Gasteiger partial charge on any atom is 0.261 e. The molecule has 0 aromatic heterocycles. The highest BCUT2D eigenvalue weighted by atomic mass is 32.2. The van der Waals surface area contributed by atoms with E-state index in [1.165, 1.54) is 13.0 Å². The number of rotatable bonds is 5. The second-order valence-corrected chi connectivity index (χ2v) is 8.63. The SMILES string of the molecule is CC(=O)/C=C/c1ccc(NS(=O)(=O)c2ccc(C(C)(C)C)cc2)cc1. The molecule has 0 aliphatic heterocycles. The number of anilines is 1. The lowest BCUT2D eigenvalue weighted by Gasteiger charge is -2.19. The Kier molecular flexibility index (Phi) is 5.48. The molecule has 0 saturated heterocycles. The summed E-state index contributed by atoms with van der Waals surface area (Å²) in [5, 5.41) is 0. The maximum absolute atomic E-state index is 12.5. The predicted molar refractivity (Wildman–Crippen MR) is 102 cm³/mol. The van der Waals surface area contributed by atoms with Crippen molar-refractivity contribution in [3.63, 3.8) is 0 Å². The lowest BCUT2D eigenvalue weighted by atomic mass is 9.87. The van der Waals surface area contributed by atoms with Crippen LogP contribution in [0.5, 0.6) is 0 Å². The van der Waals surface area contributed by atoms with Crippen LogP contribution in [0.4, 0.5) is 5.69 Å². The molecule has 0 fully saturated rings. The van der Waals surface area contributed by atoms with Crippen molar-refractivity contribution in [2.45, 2.75) is 38.0 Å². The van der Waals surface area contributed by atoms with Crippen LogP contribution in [0.1, 0.15) is 38.8 Å². The minimum atomic E-state index is -3.64. The zero-order chi connectivity index (χ0) is 18.7. The second-order valence-electron chi connectivity index (χ2n) is 6.95. The summed E-state index contributed by atoms with van der Waals surface area (Å²) >= 11 is 0. The summed E-state index contributed by atoms with van der Waals surface area (Å²) in [7, 11) is -3.64. The summed E-state index contributed by atoms with van der Waals surface area (Å²) in [5.74, 6) is -0.0384. The molecule has 5 heteroatoms. The largest absolute Gasteiger partial charge is 0.295 e. The van der Waals surface area contributed by atoms with Gasteiger partial charge in [0.1, 0.15) is 0 Å². The Hall–Kier alpha value is -2.40. The molecule has 2 aromatic rings. The maximum atomic E-state index is 12.5. The second kappa shape index (κ2) is 7.23. The van der Waals surface area contributed by atoms with E-state index in [9.17, 15) is 13.2 Å². The zero-order valence-corrected chi connectivity index (χ0v) is 15.7. The van der Waals surface area contributed by atoms with Crippen LogP contribution < -0.4 is 4.72 Å². The summed E-state index contributed by atoms with van der Waals surface area (Å²) in [4.78, 5) is 11.2. The van der Waals surface area contributed by atoms with E-state index in [0.717, 1.165) is 11.1 Å². The Balaban J connectivity index is 2.17. The molecular weight excluding hydrogens is 334 g/mol. The quantitative estimate of drug-likeness (QED) is 0.807. The fourth-order valence-electron chi connectivity index (χ4n) is 2.22. The molecule has 0 atom stereocenters. The summed E-state index contributed by atoms with van der Waals surface area (Å²) < 4.78 is 27.6. The molecular formula is C20H23NO3S. The first-order valence-electron chi connectivity index (χ1n) is 8.00. The van der Waals surface area contributed by atoms with Crippen molar-refractivity contribution in [3.05, 3.63) is 65.7 Å². The van der Waals surface area contributed by atoms with Gasteiger partial charge in [-0.2, -0.15) is 0 Å². The van der Waals surface area contributed by atoms with E-state index in [1.54, 1.807) is 42.5 Å². The van der Waals surface area contributed by atoms with E-state index in [-0.39, 0.29) is 16.1 Å². The van der Waals surface area contributed by atoms with Gasteiger partial charge < -0.3 is 0 Å². The van der Waals surface area contributed by atoms with Crippen LogP contribution in [0.2, 0.25) is 0 Å². The molecule has 132 valence electrons. The molecule has 1 N–H and O–H groups in total. The first kappa shape index (κ1) is 18.9. The van der Waals surface area contributed by atoms with Crippen molar-refractivity contribution >= 4 is 27.6 Å². The summed E-state index contributed by atoms with van der Waals surface area (Å²) in [5.41, 5.74) is 2.35. The number of carbonyl (C=O) groups is 1. The number of ketones is 1. The van der Waals surface area contributed by atoms with Gasteiger partial charge in [-0.15, -0.1) is 0 Å². The van der Waals surface area contributed by atoms with Gasteiger partial charge in [-0.1, -0.05) is 51.1 Å². The molecule has 0 aliphatic rings. The van der Waals surface area contributed by atoms with Crippen LogP contribution in [0.25, 0.3) is 6.08 Å². The molecule has 0 bridgehead atoms. The predicted octanol–water partition coefficient (Wildman–Crippen LogP) is 4.39. The highest BCUT2D eigenvalue weighted by Gasteiger charge is 2.17. The molecule has 25 heavy (non-hydrogen) atoms. The average Bonchev–Trinajstić information content (AvgIpc) is 2.53. The van der Waals surface area contributed by atoms with Crippen molar-refractivity contribution in [3.8, 4) is 0 Å². The van der Waals surface area contributed by atoms with Crippen molar-refractivity contribution < 1.29 is 13.2 Å².